The van der Waals surface area contributed by atoms with E-state index in [4.69, 9.17) is 4.74 Å². The Bertz CT molecular complexity index is 523. The number of rotatable bonds is 5. The summed E-state index contributed by atoms with van der Waals surface area (Å²) in [5.74, 6) is -2.41. The second-order valence-corrected chi connectivity index (χ2v) is 7.06. The molecule has 0 aromatic carbocycles. The van der Waals surface area contributed by atoms with Gasteiger partial charge in [-0.2, -0.15) is 0 Å². The van der Waals surface area contributed by atoms with E-state index in [1.807, 2.05) is 12.2 Å². The molecule has 4 atom stereocenters. The van der Waals surface area contributed by atoms with E-state index in [1.54, 1.807) is 20.8 Å². The van der Waals surface area contributed by atoms with Crippen LogP contribution in [0.1, 0.15) is 27.2 Å². The number of carboxylic acids is 1. The highest BCUT2D eigenvalue weighted by atomic mass is 16.6. The molecule has 7 heteroatoms. The molecular formula is C16H24N2O5. The van der Waals surface area contributed by atoms with Gasteiger partial charge in [-0.25, -0.2) is 4.79 Å². The lowest BCUT2D eigenvalue weighted by Gasteiger charge is -2.24. The second kappa shape index (κ2) is 6.60. The molecule has 2 amide bonds. The zero-order chi connectivity index (χ0) is 17.2. The van der Waals surface area contributed by atoms with Crippen LogP contribution in [0.15, 0.2) is 12.2 Å². The molecular weight excluding hydrogens is 300 g/mol. The molecule has 23 heavy (non-hydrogen) atoms. The maximum atomic E-state index is 12.3. The first-order chi connectivity index (χ1) is 10.7. The predicted molar refractivity (Wildman–Crippen MR) is 82.6 cm³/mol. The molecule has 0 saturated heterocycles. The average Bonchev–Trinajstić information content (AvgIpc) is 3.01. The number of amides is 2. The van der Waals surface area contributed by atoms with Gasteiger partial charge in [0.05, 0.1) is 11.8 Å². The molecule has 2 rings (SSSR count). The Kier molecular flexibility index (Phi) is 4.97. The van der Waals surface area contributed by atoms with E-state index in [9.17, 15) is 19.5 Å². The molecule has 0 spiro atoms. The molecule has 0 radical (unpaired) electrons. The van der Waals surface area contributed by atoms with E-state index < -0.39 is 29.5 Å². The van der Waals surface area contributed by atoms with Gasteiger partial charge >= 0.3 is 12.1 Å². The number of carbonyl (C=O) groups is 3. The average molecular weight is 324 g/mol. The van der Waals surface area contributed by atoms with Gasteiger partial charge < -0.3 is 20.5 Å². The Morgan fingerprint density at radius 3 is 2.22 bits per heavy atom. The molecule has 1 fully saturated rings. The van der Waals surface area contributed by atoms with Crippen molar-refractivity contribution in [3.63, 3.8) is 0 Å². The van der Waals surface area contributed by atoms with Crippen molar-refractivity contribution in [1.82, 2.24) is 10.6 Å². The summed E-state index contributed by atoms with van der Waals surface area (Å²) in [5.41, 5.74) is -0.572. The Labute approximate surface area is 135 Å². The van der Waals surface area contributed by atoms with Crippen molar-refractivity contribution in [3.05, 3.63) is 12.2 Å². The zero-order valence-corrected chi connectivity index (χ0v) is 13.7. The van der Waals surface area contributed by atoms with Crippen LogP contribution in [0.5, 0.6) is 0 Å². The third kappa shape index (κ3) is 4.24. The minimum atomic E-state index is -0.922. The van der Waals surface area contributed by atoms with Crippen molar-refractivity contribution in [2.75, 3.05) is 13.1 Å². The number of hydrogen-bond donors (Lipinski definition) is 3. The number of aliphatic carboxylic acids is 1. The third-order valence-corrected chi connectivity index (χ3v) is 4.14. The molecule has 0 heterocycles. The first-order valence-corrected chi connectivity index (χ1v) is 7.85. The minimum Gasteiger partial charge on any atom is -0.481 e. The summed E-state index contributed by atoms with van der Waals surface area (Å²) in [6, 6.07) is 0. The van der Waals surface area contributed by atoms with Crippen molar-refractivity contribution in [1.29, 1.82) is 0 Å². The number of hydrogen-bond acceptors (Lipinski definition) is 4. The molecule has 0 aromatic heterocycles. The second-order valence-electron chi connectivity index (χ2n) is 7.06. The number of fused-ring (bicyclic) bond motifs is 2. The Hall–Kier alpha value is -2.05. The maximum Gasteiger partial charge on any atom is 0.407 e. The fraction of sp³-hybridized carbons (Fsp3) is 0.688. The largest absolute Gasteiger partial charge is 0.481 e. The molecule has 3 N–H and O–H groups in total. The van der Waals surface area contributed by atoms with Crippen LogP contribution in [0, 0.1) is 23.7 Å². The van der Waals surface area contributed by atoms with Gasteiger partial charge in [-0.3, -0.25) is 9.59 Å². The van der Waals surface area contributed by atoms with Gasteiger partial charge in [0.25, 0.3) is 0 Å². The van der Waals surface area contributed by atoms with E-state index in [2.05, 4.69) is 10.6 Å². The van der Waals surface area contributed by atoms with Gasteiger partial charge in [-0.15, -0.1) is 0 Å². The monoisotopic (exact) mass is 324 g/mol. The molecule has 2 unspecified atom stereocenters. The first kappa shape index (κ1) is 17.3. The predicted octanol–water partition coefficient (Wildman–Crippen LogP) is 1.15. The van der Waals surface area contributed by atoms with Crippen LogP contribution in [-0.2, 0) is 14.3 Å². The molecule has 0 aliphatic heterocycles. The summed E-state index contributed by atoms with van der Waals surface area (Å²) >= 11 is 0. The summed E-state index contributed by atoms with van der Waals surface area (Å²) in [6.45, 7) is 5.77. The van der Waals surface area contributed by atoms with Crippen LogP contribution in [0.3, 0.4) is 0 Å². The Morgan fingerprint density at radius 1 is 1.09 bits per heavy atom. The molecule has 128 valence electrons. The fourth-order valence-electron chi connectivity index (χ4n) is 3.30. The van der Waals surface area contributed by atoms with Crippen molar-refractivity contribution < 1.29 is 24.2 Å². The van der Waals surface area contributed by atoms with E-state index in [1.165, 1.54) is 0 Å². The number of carboxylic acid groups (broad SMARTS) is 1. The quantitative estimate of drug-likeness (QED) is 0.520. The Balaban J connectivity index is 1.76. The summed E-state index contributed by atoms with van der Waals surface area (Å²) in [5, 5.41) is 14.6. The number of ether oxygens (including phenoxy) is 1. The normalized spacial score (nSPS) is 28.5. The summed E-state index contributed by atoms with van der Waals surface area (Å²) < 4.78 is 5.08. The van der Waals surface area contributed by atoms with Crippen molar-refractivity contribution in [2.24, 2.45) is 23.7 Å². The van der Waals surface area contributed by atoms with Crippen LogP contribution in [0.4, 0.5) is 4.79 Å². The van der Waals surface area contributed by atoms with Gasteiger partial charge in [0, 0.05) is 13.1 Å². The van der Waals surface area contributed by atoms with Crippen LogP contribution in [0.2, 0.25) is 0 Å². The van der Waals surface area contributed by atoms with Crippen LogP contribution >= 0.6 is 0 Å². The standard InChI is InChI=1S/C16H24N2O5/c1-16(2,3)23-15(22)18-7-6-17-13(19)11-9-4-5-10(8-9)12(11)14(20)21/h4-5,9-12H,6-8H2,1-3H3,(H,17,19)(H,18,22)(H,20,21)/t9?,10?,11-,12+/m0/s1. The van der Waals surface area contributed by atoms with E-state index in [0.717, 1.165) is 6.42 Å². The van der Waals surface area contributed by atoms with E-state index >= 15 is 0 Å². The fourth-order valence-corrected chi connectivity index (χ4v) is 3.30. The SMILES string of the molecule is CC(C)(C)OC(=O)NCCNC(=O)[C@H]1C2C=CC(C2)[C@H]1C(=O)O. The lowest BCUT2D eigenvalue weighted by atomic mass is 9.82. The molecule has 1 saturated carbocycles. The minimum absolute atomic E-state index is 0.0000787. The summed E-state index contributed by atoms with van der Waals surface area (Å²) in [7, 11) is 0. The van der Waals surface area contributed by atoms with E-state index in [-0.39, 0.29) is 30.8 Å². The number of carbonyl (C=O) groups excluding carboxylic acids is 2. The molecule has 2 bridgehead atoms. The third-order valence-electron chi connectivity index (χ3n) is 4.14. The smallest absolute Gasteiger partial charge is 0.407 e. The Morgan fingerprint density at radius 2 is 1.65 bits per heavy atom. The molecule has 2 aliphatic carbocycles. The summed E-state index contributed by atoms with van der Waals surface area (Å²) in [4.78, 5) is 35.1. The number of allylic oxidation sites excluding steroid dienone is 2. The van der Waals surface area contributed by atoms with Gasteiger partial charge in [0.2, 0.25) is 5.91 Å². The molecule has 2 aliphatic rings. The van der Waals surface area contributed by atoms with E-state index in [0.29, 0.717) is 0 Å². The van der Waals surface area contributed by atoms with Gasteiger partial charge in [-0.05, 0) is 39.0 Å². The molecule has 0 aromatic rings. The lowest BCUT2D eigenvalue weighted by molar-refractivity contribution is -0.147. The van der Waals surface area contributed by atoms with Crippen molar-refractivity contribution in [3.8, 4) is 0 Å². The van der Waals surface area contributed by atoms with Crippen molar-refractivity contribution in [2.45, 2.75) is 32.8 Å². The van der Waals surface area contributed by atoms with Gasteiger partial charge in [-0.1, -0.05) is 12.2 Å². The molecule has 7 nitrogen and oxygen atoms in total. The van der Waals surface area contributed by atoms with Crippen molar-refractivity contribution >= 4 is 18.0 Å². The van der Waals surface area contributed by atoms with Gasteiger partial charge in [0.15, 0.2) is 0 Å². The summed E-state index contributed by atoms with van der Waals surface area (Å²) in [6.07, 6.45) is 4.02. The van der Waals surface area contributed by atoms with Crippen LogP contribution in [-0.4, -0.2) is 41.8 Å². The highest BCUT2D eigenvalue weighted by molar-refractivity contribution is 5.86. The zero-order valence-electron chi connectivity index (χ0n) is 13.7. The lowest BCUT2D eigenvalue weighted by Crippen LogP contribution is -2.43. The topological polar surface area (TPSA) is 105 Å². The van der Waals surface area contributed by atoms with Crippen LogP contribution in [0.25, 0.3) is 0 Å². The highest BCUT2D eigenvalue weighted by Crippen LogP contribution is 2.48. The van der Waals surface area contributed by atoms with Gasteiger partial charge in [0.1, 0.15) is 5.60 Å². The highest BCUT2D eigenvalue weighted by Gasteiger charge is 2.51. The first-order valence-electron chi connectivity index (χ1n) is 7.85. The number of nitrogens with one attached hydrogen (secondary N) is 2. The number of alkyl carbamates (subject to hydrolysis) is 1. The van der Waals surface area contributed by atoms with Crippen LogP contribution < -0.4 is 10.6 Å². The maximum absolute atomic E-state index is 12.3.